The van der Waals surface area contributed by atoms with Gasteiger partial charge in [-0.05, 0) is 48.5 Å². The van der Waals surface area contributed by atoms with Gasteiger partial charge in [-0.1, -0.05) is 6.07 Å². The molecule has 0 unspecified atom stereocenters. The maximum absolute atomic E-state index is 12.9. The molecule has 0 saturated carbocycles. The van der Waals surface area contributed by atoms with Gasteiger partial charge in [0.1, 0.15) is 11.5 Å². The highest BCUT2D eigenvalue weighted by atomic mass is 16.6. The Morgan fingerprint density at radius 2 is 1.61 bits per heavy atom. The second-order valence-electron chi connectivity index (χ2n) is 6.74. The van der Waals surface area contributed by atoms with Gasteiger partial charge in [-0.15, -0.1) is 0 Å². The summed E-state index contributed by atoms with van der Waals surface area (Å²) in [5.74, 6) is -0.727. The van der Waals surface area contributed by atoms with Crippen LogP contribution in [-0.4, -0.2) is 22.6 Å². The van der Waals surface area contributed by atoms with Gasteiger partial charge in [0.05, 0.1) is 27.8 Å². The number of amides is 3. The number of nitro benzene ring substituents is 1. The van der Waals surface area contributed by atoms with Gasteiger partial charge in [-0.25, -0.2) is 4.90 Å². The highest BCUT2D eigenvalue weighted by molar-refractivity contribution is 6.34. The van der Waals surface area contributed by atoms with Crippen molar-refractivity contribution >= 4 is 34.8 Å². The number of imide groups is 1. The van der Waals surface area contributed by atoms with E-state index < -0.39 is 16.7 Å². The van der Waals surface area contributed by atoms with Gasteiger partial charge >= 0.3 is 0 Å². The van der Waals surface area contributed by atoms with Crippen LogP contribution in [0.25, 0.3) is 0 Å². The Morgan fingerprint density at radius 3 is 2.29 bits per heavy atom. The van der Waals surface area contributed by atoms with E-state index in [1.54, 1.807) is 30.3 Å². The molecule has 0 spiro atoms. The quantitative estimate of drug-likeness (QED) is 0.378. The van der Waals surface area contributed by atoms with Gasteiger partial charge in [0, 0.05) is 18.7 Å². The fourth-order valence-corrected chi connectivity index (χ4v) is 3.21. The first-order valence-electron chi connectivity index (χ1n) is 9.16. The number of nitrogens with one attached hydrogen (secondary N) is 1. The first kappa shape index (κ1) is 19.8. The van der Waals surface area contributed by atoms with E-state index in [9.17, 15) is 24.5 Å². The number of anilines is 2. The summed E-state index contributed by atoms with van der Waals surface area (Å²) in [6.07, 6.45) is 0. The Labute approximate surface area is 176 Å². The number of nitrogens with zero attached hydrogens (tertiary/aromatic N) is 2. The lowest BCUT2D eigenvalue weighted by Crippen LogP contribution is -2.29. The Kier molecular flexibility index (Phi) is 4.92. The summed E-state index contributed by atoms with van der Waals surface area (Å²) in [6, 6.07) is 16.4. The largest absolute Gasteiger partial charge is 0.457 e. The third-order valence-electron chi connectivity index (χ3n) is 4.57. The summed E-state index contributed by atoms with van der Waals surface area (Å²) in [5, 5.41) is 13.5. The minimum Gasteiger partial charge on any atom is -0.457 e. The number of benzene rings is 3. The molecule has 0 radical (unpaired) electrons. The summed E-state index contributed by atoms with van der Waals surface area (Å²) in [6.45, 7) is 1.38. The molecule has 0 aromatic heterocycles. The summed E-state index contributed by atoms with van der Waals surface area (Å²) in [7, 11) is 0. The smallest absolute Gasteiger partial charge is 0.273 e. The van der Waals surface area contributed by atoms with Crippen LogP contribution in [0.3, 0.4) is 0 Å². The van der Waals surface area contributed by atoms with Crippen LogP contribution >= 0.6 is 0 Å². The van der Waals surface area contributed by atoms with Crippen molar-refractivity contribution in [1.29, 1.82) is 0 Å². The van der Waals surface area contributed by atoms with Gasteiger partial charge in [-0.3, -0.25) is 24.5 Å². The molecule has 4 rings (SSSR count). The highest BCUT2D eigenvalue weighted by Gasteiger charge is 2.37. The first-order valence-corrected chi connectivity index (χ1v) is 9.16. The van der Waals surface area contributed by atoms with Gasteiger partial charge in [0.25, 0.3) is 17.5 Å². The van der Waals surface area contributed by atoms with Crippen molar-refractivity contribution in [2.45, 2.75) is 6.92 Å². The van der Waals surface area contributed by atoms with Crippen molar-refractivity contribution in [3.05, 3.63) is 88.0 Å². The van der Waals surface area contributed by atoms with Crippen LogP contribution in [0.1, 0.15) is 27.6 Å². The SMILES string of the molecule is CC(=O)Nc1ccc(N2C(=O)c3ccc(Oc4cccc([N+](=O)[O-])c4)cc3C2=O)cc1. The minimum absolute atomic E-state index is 0.126. The van der Waals surface area contributed by atoms with Gasteiger partial charge in [0.2, 0.25) is 5.91 Å². The average molecular weight is 417 g/mol. The molecule has 31 heavy (non-hydrogen) atoms. The molecule has 3 aromatic carbocycles. The predicted octanol–water partition coefficient (Wildman–Crippen LogP) is 4.15. The molecule has 0 bridgehead atoms. The molecule has 1 N–H and O–H groups in total. The van der Waals surface area contributed by atoms with Gasteiger partial charge < -0.3 is 10.1 Å². The van der Waals surface area contributed by atoms with Crippen LogP contribution in [0, 0.1) is 10.1 Å². The zero-order chi connectivity index (χ0) is 22.1. The van der Waals surface area contributed by atoms with Crippen LogP contribution in [-0.2, 0) is 4.79 Å². The van der Waals surface area contributed by atoms with E-state index in [1.807, 2.05) is 0 Å². The standard InChI is InChI=1S/C22H15N3O6/c1-13(26)23-14-5-7-15(8-6-14)24-21(27)19-10-9-18(12-20(19)22(24)28)31-17-4-2-3-16(11-17)25(29)30/h2-12H,1H3,(H,23,26). The Hall–Kier alpha value is -4.53. The molecule has 0 fully saturated rings. The molecule has 1 aliphatic rings. The average Bonchev–Trinajstić information content (AvgIpc) is 2.98. The summed E-state index contributed by atoms with van der Waals surface area (Å²) < 4.78 is 5.64. The van der Waals surface area contributed by atoms with Crippen molar-refractivity contribution in [2.75, 3.05) is 10.2 Å². The van der Waals surface area contributed by atoms with Crippen molar-refractivity contribution in [3.63, 3.8) is 0 Å². The van der Waals surface area contributed by atoms with Crippen LogP contribution < -0.4 is 15.0 Å². The molecule has 0 saturated heterocycles. The number of rotatable bonds is 5. The normalized spacial score (nSPS) is 12.5. The van der Waals surface area contributed by atoms with Gasteiger partial charge in [0.15, 0.2) is 0 Å². The number of hydrogen-bond acceptors (Lipinski definition) is 6. The summed E-state index contributed by atoms with van der Waals surface area (Å²) >= 11 is 0. The second kappa shape index (κ2) is 7.71. The number of ether oxygens (including phenoxy) is 1. The third kappa shape index (κ3) is 3.84. The third-order valence-corrected chi connectivity index (χ3v) is 4.57. The fraction of sp³-hybridized carbons (Fsp3) is 0.0455. The molecule has 1 heterocycles. The lowest BCUT2D eigenvalue weighted by molar-refractivity contribution is -0.384. The zero-order valence-electron chi connectivity index (χ0n) is 16.2. The molecular formula is C22H15N3O6. The van der Waals surface area contributed by atoms with Crippen LogP contribution in [0.5, 0.6) is 11.5 Å². The highest BCUT2D eigenvalue weighted by Crippen LogP contribution is 2.33. The van der Waals surface area contributed by atoms with E-state index in [4.69, 9.17) is 4.74 Å². The summed E-state index contributed by atoms with van der Waals surface area (Å²) in [4.78, 5) is 48.3. The molecule has 3 aromatic rings. The van der Waals surface area contributed by atoms with Crippen LogP contribution in [0.15, 0.2) is 66.7 Å². The Bertz CT molecular complexity index is 1240. The van der Waals surface area contributed by atoms with E-state index in [0.29, 0.717) is 11.4 Å². The number of nitro groups is 1. The van der Waals surface area contributed by atoms with E-state index >= 15 is 0 Å². The maximum atomic E-state index is 12.9. The molecule has 0 aliphatic carbocycles. The Morgan fingerprint density at radius 1 is 0.935 bits per heavy atom. The molecule has 154 valence electrons. The zero-order valence-corrected chi connectivity index (χ0v) is 16.2. The second-order valence-corrected chi connectivity index (χ2v) is 6.74. The van der Waals surface area contributed by atoms with E-state index in [2.05, 4.69) is 5.32 Å². The predicted molar refractivity (Wildman–Crippen MR) is 111 cm³/mol. The first-order chi connectivity index (χ1) is 14.8. The van der Waals surface area contributed by atoms with Crippen molar-refractivity contribution in [1.82, 2.24) is 0 Å². The molecule has 0 atom stereocenters. The number of fused-ring (bicyclic) bond motifs is 1. The summed E-state index contributed by atoms with van der Waals surface area (Å²) in [5.41, 5.74) is 1.17. The van der Waals surface area contributed by atoms with Crippen molar-refractivity contribution < 1.29 is 24.0 Å². The molecule has 9 heteroatoms. The number of hydrogen-bond donors (Lipinski definition) is 1. The maximum Gasteiger partial charge on any atom is 0.273 e. The number of carbonyl (C=O) groups is 3. The lowest BCUT2D eigenvalue weighted by Gasteiger charge is -2.14. The van der Waals surface area contributed by atoms with E-state index in [-0.39, 0.29) is 34.2 Å². The van der Waals surface area contributed by atoms with Crippen LogP contribution in [0.4, 0.5) is 17.1 Å². The topological polar surface area (TPSA) is 119 Å². The molecule has 3 amide bonds. The molecule has 1 aliphatic heterocycles. The Balaban J connectivity index is 1.59. The lowest BCUT2D eigenvalue weighted by atomic mass is 10.1. The van der Waals surface area contributed by atoms with E-state index in [1.165, 1.54) is 43.3 Å². The van der Waals surface area contributed by atoms with Crippen molar-refractivity contribution in [2.24, 2.45) is 0 Å². The fourth-order valence-electron chi connectivity index (χ4n) is 3.21. The minimum atomic E-state index is -0.535. The van der Waals surface area contributed by atoms with Crippen molar-refractivity contribution in [3.8, 4) is 11.5 Å². The molecular weight excluding hydrogens is 402 g/mol. The van der Waals surface area contributed by atoms with E-state index in [0.717, 1.165) is 4.90 Å². The van der Waals surface area contributed by atoms with Gasteiger partial charge in [-0.2, -0.15) is 0 Å². The number of carbonyl (C=O) groups excluding carboxylic acids is 3. The van der Waals surface area contributed by atoms with Crippen LogP contribution in [0.2, 0.25) is 0 Å². The monoisotopic (exact) mass is 417 g/mol. The number of non-ortho nitro benzene ring substituents is 1. The molecule has 9 nitrogen and oxygen atoms in total.